The summed E-state index contributed by atoms with van der Waals surface area (Å²) in [5.74, 6) is -0.697. The Morgan fingerprint density at radius 3 is 2.59 bits per heavy atom. The third-order valence-corrected chi connectivity index (χ3v) is 2.80. The van der Waals surface area contributed by atoms with Crippen LogP contribution in [0.1, 0.15) is 5.56 Å². The summed E-state index contributed by atoms with van der Waals surface area (Å²) in [4.78, 5) is 11.3. The second kappa shape index (κ2) is 4.91. The van der Waals surface area contributed by atoms with Crippen molar-refractivity contribution in [1.29, 1.82) is 0 Å². The molecule has 3 atom stereocenters. The Bertz CT molecular complexity index is 403. The highest BCUT2D eigenvalue weighted by Crippen LogP contribution is 2.24. The van der Waals surface area contributed by atoms with E-state index in [2.05, 4.69) is 0 Å². The first-order valence-electron chi connectivity index (χ1n) is 5.24. The summed E-state index contributed by atoms with van der Waals surface area (Å²) in [6.45, 7) is 0.184. The molecule has 1 aromatic carbocycles. The van der Waals surface area contributed by atoms with Gasteiger partial charge >= 0.3 is 0 Å². The average Bonchev–Trinajstić information content (AvgIpc) is 2.35. The van der Waals surface area contributed by atoms with Gasteiger partial charge in [0, 0.05) is 7.11 Å². The van der Waals surface area contributed by atoms with E-state index in [-0.39, 0.29) is 18.2 Å². The number of carbonyl (C=O) groups is 1. The van der Waals surface area contributed by atoms with Crippen LogP contribution in [-0.4, -0.2) is 36.3 Å². The van der Waals surface area contributed by atoms with Crippen LogP contribution in [0.5, 0.6) is 0 Å². The minimum absolute atomic E-state index is 0.184. The first-order valence-corrected chi connectivity index (χ1v) is 5.24. The predicted octanol–water partition coefficient (Wildman–Crippen LogP) is 0.669. The monoisotopic (exact) mass is 240 g/mol. The number of benzene rings is 1. The summed E-state index contributed by atoms with van der Waals surface area (Å²) < 4.78 is 22.9. The number of carbonyl (C=O) groups excluding carboxylic acids is 1. The van der Waals surface area contributed by atoms with Crippen LogP contribution in [0.2, 0.25) is 0 Å². The molecule has 1 fully saturated rings. The molecule has 1 aliphatic carbocycles. The fraction of sp³-hybridized carbons (Fsp3) is 0.417. The Hall–Kier alpha value is -1.30. The molecule has 0 saturated heterocycles. The van der Waals surface area contributed by atoms with Gasteiger partial charge in [-0.05, 0) is 17.7 Å². The molecule has 1 N–H and O–H groups in total. The van der Waals surface area contributed by atoms with Crippen molar-refractivity contribution in [3.63, 3.8) is 0 Å². The summed E-state index contributed by atoms with van der Waals surface area (Å²) in [5, 5.41) is 9.28. The molecule has 4 nitrogen and oxygen atoms in total. The molecular formula is C12H13FO4. The zero-order valence-electron chi connectivity index (χ0n) is 9.30. The lowest BCUT2D eigenvalue weighted by molar-refractivity contribution is -0.192. The summed E-state index contributed by atoms with van der Waals surface area (Å²) in [5.41, 5.74) is 0.760. The lowest BCUT2D eigenvalue weighted by Gasteiger charge is -2.37. The van der Waals surface area contributed by atoms with E-state index in [0.717, 1.165) is 5.56 Å². The van der Waals surface area contributed by atoms with E-state index in [0.29, 0.717) is 0 Å². The molecule has 2 rings (SSSR count). The van der Waals surface area contributed by atoms with Crippen LogP contribution in [0.3, 0.4) is 0 Å². The molecule has 17 heavy (non-hydrogen) atoms. The molecule has 0 radical (unpaired) electrons. The van der Waals surface area contributed by atoms with E-state index in [9.17, 15) is 14.3 Å². The molecule has 3 unspecified atom stereocenters. The second-order valence-electron chi connectivity index (χ2n) is 3.91. The Balaban J connectivity index is 1.90. The summed E-state index contributed by atoms with van der Waals surface area (Å²) >= 11 is 0. The minimum Gasteiger partial charge on any atom is -0.382 e. The van der Waals surface area contributed by atoms with Crippen molar-refractivity contribution in [3.05, 3.63) is 35.6 Å². The van der Waals surface area contributed by atoms with Crippen LogP contribution in [0.4, 0.5) is 4.39 Å². The summed E-state index contributed by atoms with van der Waals surface area (Å²) in [7, 11) is 1.41. The van der Waals surface area contributed by atoms with Crippen molar-refractivity contribution < 1.29 is 23.8 Å². The van der Waals surface area contributed by atoms with E-state index in [1.165, 1.54) is 19.2 Å². The highest BCUT2D eigenvalue weighted by atomic mass is 19.1. The number of methoxy groups -OCH3 is 1. The molecule has 0 aromatic heterocycles. The largest absolute Gasteiger partial charge is 0.382 e. The van der Waals surface area contributed by atoms with Crippen molar-refractivity contribution in [3.8, 4) is 0 Å². The van der Waals surface area contributed by atoms with Gasteiger partial charge in [0.15, 0.2) is 5.78 Å². The normalized spacial score (nSPS) is 27.9. The number of hydrogen-bond acceptors (Lipinski definition) is 4. The van der Waals surface area contributed by atoms with E-state index < -0.39 is 18.3 Å². The third-order valence-electron chi connectivity index (χ3n) is 2.80. The van der Waals surface area contributed by atoms with Crippen molar-refractivity contribution in [1.82, 2.24) is 0 Å². The molecule has 5 heteroatoms. The SMILES string of the molecule is COC1C(O)C(=O)C1OCc1ccc(F)cc1. The maximum atomic E-state index is 12.6. The molecule has 1 saturated carbocycles. The van der Waals surface area contributed by atoms with Gasteiger partial charge < -0.3 is 14.6 Å². The van der Waals surface area contributed by atoms with Gasteiger partial charge in [0.25, 0.3) is 0 Å². The van der Waals surface area contributed by atoms with Gasteiger partial charge in [-0.15, -0.1) is 0 Å². The van der Waals surface area contributed by atoms with Gasteiger partial charge in [-0.3, -0.25) is 4.79 Å². The highest BCUT2D eigenvalue weighted by Gasteiger charge is 2.50. The fourth-order valence-corrected chi connectivity index (χ4v) is 1.74. The smallest absolute Gasteiger partial charge is 0.195 e. The Morgan fingerprint density at radius 1 is 1.35 bits per heavy atom. The van der Waals surface area contributed by atoms with Gasteiger partial charge in [-0.1, -0.05) is 12.1 Å². The van der Waals surface area contributed by atoms with Crippen LogP contribution >= 0.6 is 0 Å². The summed E-state index contributed by atoms with van der Waals surface area (Å²) in [6.07, 6.45) is -2.44. The van der Waals surface area contributed by atoms with Crippen LogP contribution in [0.25, 0.3) is 0 Å². The number of ketones is 1. The quantitative estimate of drug-likeness (QED) is 0.840. The fourth-order valence-electron chi connectivity index (χ4n) is 1.74. The lowest BCUT2D eigenvalue weighted by atomic mass is 9.86. The van der Waals surface area contributed by atoms with Crippen LogP contribution < -0.4 is 0 Å². The van der Waals surface area contributed by atoms with Crippen molar-refractivity contribution in [2.75, 3.05) is 7.11 Å². The van der Waals surface area contributed by atoms with Gasteiger partial charge in [0.2, 0.25) is 0 Å². The third kappa shape index (κ3) is 2.36. The maximum absolute atomic E-state index is 12.6. The topological polar surface area (TPSA) is 55.8 Å². The van der Waals surface area contributed by atoms with Crippen molar-refractivity contribution in [2.24, 2.45) is 0 Å². The number of halogens is 1. The molecule has 1 aliphatic rings. The first-order chi connectivity index (χ1) is 8.13. The van der Waals surface area contributed by atoms with Crippen LogP contribution in [0, 0.1) is 5.82 Å². The average molecular weight is 240 g/mol. The van der Waals surface area contributed by atoms with Crippen molar-refractivity contribution in [2.45, 2.75) is 24.9 Å². The van der Waals surface area contributed by atoms with E-state index in [1.807, 2.05) is 0 Å². The molecule has 0 heterocycles. The minimum atomic E-state index is -1.10. The first kappa shape index (κ1) is 12.2. The standard InChI is InChI=1S/C12H13FO4/c1-16-11-9(14)10(15)12(11)17-6-7-2-4-8(13)5-3-7/h2-5,9,11-12,14H,6H2,1H3. The molecule has 0 aliphatic heterocycles. The maximum Gasteiger partial charge on any atom is 0.195 e. The van der Waals surface area contributed by atoms with Crippen molar-refractivity contribution >= 4 is 5.78 Å². The van der Waals surface area contributed by atoms with Crippen LogP contribution in [-0.2, 0) is 20.9 Å². The molecule has 0 spiro atoms. The number of ether oxygens (including phenoxy) is 2. The van der Waals surface area contributed by atoms with Gasteiger partial charge in [-0.2, -0.15) is 0 Å². The number of Topliss-reactive ketones (excluding diaryl/α,β-unsaturated/α-hetero) is 1. The number of aliphatic hydroxyl groups is 1. The van der Waals surface area contributed by atoms with E-state index >= 15 is 0 Å². The van der Waals surface area contributed by atoms with E-state index in [4.69, 9.17) is 9.47 Å². The Kier molecular flexibility index (Phi) is 3.51. The van der Waals surface area contributed by atoms with Gasteiger partial charge in [0.1, 0.15) is 24.1 Å². The van der Waals surface area contributed by atoms with Gasteiger partial charge in [-0.25, -0.2) is 4.39 Å². The zero-order chi connectivity index (χ0) is 12.4. The second-order valence-corrected chi connectivity index (χ2v) is 3.91. The van der Waals surface area contributed by atoms with Gasteiger partial charge in [0.05, 0.1) is 6.61 Å². The molecule has 92 valence electrons. The lowest BCUT2D eigenvalue weighted by Crippen LogP contribution is -2.62. The molecule has 0 bridgehead atoms. The summed E-state index contributed by atoms with van der Waals surface area (Å²) in [6, 6.07) is 5.81. The Labute approximate surface area is 98.0 Å². The van der Waals surface area contributed by atoms with E-state index in [1.54, 1.807) is 12.1 Å². The number of hydrogen-bond donors (Lipinski definition) is 1. The van der Waals surface area contributed by atoms with Crippen LogP contribution in [0.15, 0.2) is 24.3 Å². The molecular weight excluding hydrogens is 227 g/mol. The molecule has 0 amide bonds. The number of aliphatic hydroxyl groups excluding tert-OH is 1. The predicted molar refractivity (Wildman–Crippen MR) is 56.8 cm³/mol. The number of rotatable bonds is 4. The zero-order valence-corrected chi connectivity index (χ0v) is 9.30. The highest BCUT2D eigenvalue weighted by molar-refractivity contribution is 5.95. The Morgan fingerprint density at radius 2 is 2.00 bits per heavy atom. The molecule has 1 aromatic rings.